The molecule has 1 aliphatic heterocycles. The smallest absolute Gasteiger partial charge is 0.359 e. The van der Waals surface area contributed by atoms with Gasteiger partial charge in [0.15, 0.2) is 5.71 Å². The molecule has 31 heavy (non-hydrogen) atoms. The highest BCUT2D eigenvalue weighted by Gasteiger charge is 2.36. The summed E-state index contributed by atoms with van der Waals surface area (Å²) in [4.78, 5) is 38.9. The quantitative estimate of drug-likeness (QED) is 0.544. The summed E-state index contributed by atoms with van der Waals surface area (Å²) in [5.74, 6) is -2.39. The Hall–Kier alpha value is -3.94. The van der Waals surface area contributed by atoms with Crippen molar-refractivity contribution in [1.82, 2.24) is 0 Å². The first-order valence-electron chi connectivity index (χ1n) is 9.82. The molecule has 8 nitrogen and oxygen atoms in total. The van der Waals surface area contributed by atoms with Crippen molar-refractivity contribution in [2.45, 2.75) is 13.8 Å². The van der Waals surface area contributed by atoms with E-state index in [-0.39, 0.29) is 29.1 Å². The summed E-state index contributed by atoms with van der Waals surface area (Å²) >= 11 is 0. The summed E-state index contributed by atoms with van der Waals surface area (Å²) in [5, 5.41) is 14.4. The highest BCUT2D eigenvalue weighted by molar-refractivity contribution is 6.54. The van der Waals surface area contributed by atoms with Gasteiger partial charge in [-0.25, -0.2) is 9.59 Å². The minimum absolute atomic E-state index is 0.00578. The van der Waals surface area contributed by atoms with Crippen LogP contribution in [0, 0.1) is 0 Å². The van der Waals surface area contributed by atoms with E-state index in [2.05, 4.69) is 10.0 Å². The van der Waals surface area contributed by atoms with E-state index in [1.54, 1.807) is 19.1 Å². The first-order chi connectivity index (χ1) is 14.8. The minimum Gasteiger partial charge on any atom is -0.478 e. The third-order valence-corrected chi connectivity index (χ3v) is 4.80. The highest BCUT2D eigenvalue weighted by Crippen LogP contribution is 2.27. The third-order valence-electron chi connectivity index (χ3n) is 4.80. The van der Waals surface area contributed by atoms with Crippen molar-refractivity contribution in [2.24, 2.45) is 5.10 Å². The second-order valence-electron chi connectivity index (χ2n) is 6.81. The van der Waals surface area contributed by atoms with Crippen molar-refractivity contribution in [1.29, 1.82) is 0 Å². The number of rotatable bonds is 7. The van der Waals surface area contributed by atoms with E-state index in [1.807, 2.05) is 38.2 Å². The maximum Gasteiger partial charge on any atom is 0.359 e. The van der Waals surface area contributed by atoms with Crippen molar-refractivity contribution >= 4 is 41.0 Å². The van der Waals surface area contributed by atoms with Gasteiger partial charge in [0, 0.05) is 19.3 Å². The van der Waals surface area contributed by atoms with Gasteiger partial charge >= 0.3 is 11.9 Å². The van der Waals surface area contributed by atoms with E-state index in [0.717, 1.165) is 22.8 Å². The zero-order valence-corrected chi connectivity index (χ0v) is 17.5. The minimum atomic E-state index is -1.13. The number of carbonyl (C=O) groups excluding carboxylic acids is 2. The Kier molecular flexibility index (Phi) is 6.49. The van der Waals surface area contributed by atoms with Gasteiger partial charge in [0.05, 0.1) is 23.4 Å². The number of ether oxygens (including phenoxy) is 1. The molecule has 8 heteroatoms. The van der Waals surface area contributed by atoms with Gasteiger partial charge < -0.3 is 14.7 Å². The van der Waals surface area contributed by atoms with Crippen LogP contribution >= 0.6 is 0 Å². The molecular weight excluding hydrogens is 398 g/mol. The number of hydrogen-bond donors (Lipinski definition) is 1. The van der Waals surface area contributed by atoms with Crippen molar-refractivity contribution < 1.29 is 24.2 Å². The predicted molar refractivity (Wildman–Crippen MR) is 118 cm³/mol. The Morgan fingerprint density at radius 2 is 1.87 bits per heavy atom. The molecule has 1 heterocycles. The van der Waals surface area contributed by atoms with Crippen LogP contribution in [0.25, 0.3) is 6.08 Å². The third kappa shape index (κ3) is 4.63. The number of esters is 1. The molecule has 0 unspecified atom stereocenters. The van der Waals surface area contributed by atoms with Crippen LogP contribution in [0.5, 0.6) is 0 Å². The summed E-state index contributed by atoms with van der Waals surface area (Å²) in [5.41, 5.74) is 1.95. The summed E-state index contributed by atoms with van der Waals surface area (Å²) in [6, 6.07) is 13.3. The summed E-state index contributed by atoms with van der Waals surface area (Å²) in [6.45, 7) is 4.69. The molecule has 2 aromatic rings. The van der Waals surface area contributed by atoms with Crippen LogP contribution < -0.4 is 9.91 Å². The van der Waals surface area contributed by atoms with Crippen LogP contribution in [0.4, 0.5) is 11.4 Å². The van der Waals surface area contributed by atoms with E-state index in [0.29, 0.717) is 0 Å². The lowest BCUT2D eigenvalue weighted by atomic mass is 10.1. The zero-order valence-electron chi connectivity index (χ0n) is 17.5. The summed E-state index contributed by atoms with van der Waals surface area (Å²) in [6.07, 6.45) is 1.58. The fraction of sp³-hybridized carbons (Fsp3) is 0.217. The Morgan fingerprint density at radius 1 is 1.16 bits per heavy atom. The highest BCUT2D eigenvalue weighted by atomic mass is 16.5. The molecule has 0 bridgehead atoms. The second kappa shape index (κ2) is 9.25. The number of hydrogen-bond acceptors (Lipinski definition) is 6. The lowest BCUT2D eigenvalue weighted by Gasteiger charge is -2.16. The average Bonchev–Trinajstić information content (AvgIpc) is 3.10. The number of carboxylic acids is 1. The van der Waals surface area contributed by atoms with E-state index in [4.69, 9.17) is 4.74 Å². The van der Waals surface area contributed by atoms with Gasteiger partial charge in [-0.15, -0.1) is 0 Å². The van der Waals surface area contributed by atoms with E-state index in [9.17, 15) is 19.5 Å². The Morgan fingerprint density at radius 3 is 2.48 bits per heavy atom. The first-order valence-corrected chi connectivity index (χ1v) is 9.82. The van der Waals surface area contributed by atoms with E-state index < -0.39 is 17.8 Å². The average molecular weight is 421 g/mol. The molecule has 0 atom stereocenters. The number of carboxylic acid groups (broad SMARTS) is 1. The van der Waals surface area contributed by atoms with Crippen molar-refractivity contribution in [3.05, 3.63) is 65.2 Å². The lowest BCUT2D eigenvalue weighted by molar-refractivity contribution is -0.135. The topological polar surface area (TPSA) is 99.5 Å². The van der Waals surface area contributed by atoms with Crippen molar-refractivity contribution in [3.8, 4) is 0 Å². The molecule has 0 aliphatic carbocycles. The van der Waals surface area contributed by atoms with E-state index >= 15 is 0 Å². The number of amides is 1. The van der Waals surface area contributed by atoms with Gasteiger partial charge in [-0.05, 0) is 55.8 Å². The molecule has 0 fully saturated rings. The maximum atomic E-state index is 13.1. The van der Waals surface area contributed by atoms with Gasteiger partial charge in [0.1, 0.15) is 0 Å². The predicted octanol–water partition coefficient (Wildman–Crippen LogP) is 3.19. The normalized spacial score (nSPS) is 14.5. The van der Waals surface area contributed by atoms with Crippen LogP contribution in [0.15, 0.2) is 59.2 Å². The second-order valence-corrected chi connectivity index (χ2v) is 6.81. The van der Waals surface area contributed by atoms with Gasteiger partial charge in [0.2, 0.25) is 0 Å². The fourth-order valence-corrected chi connectivity index (χ4v) is 3.01. The lowest BCUT2D eigenvalue weighted by Crippen LogP contribution is -2.23. The molecule has 0 saturated heterocycles. The number of aromatic carboxylic acids is 1. The number of hydrazone groups is 1. The number of benzene rings is 2. The fourth-order valence-electron chi connectivity index (χ4n) is 3.01. The number of nitrogens with zero attached hydrogens (tertiary/aromatic N) is 3. The molecule has 3 rings (SSSR count). The monoisotopic (exact) mass is 421 g/mol. The van der Waals surface area contributed by atoms with E-state index in [1.165, 1.54) is 18.2 Å². The molecule has 1 amide bonds. The molecule has 160 valence electrons. The molecule has 0 saturated carbocycles. The van der Waals surface area contributed by atoms with Gasteiger partial charge in [-0.2, -0.15) is 10.1 Å². The molecule has 1 N–H and O–H groups in total. The number of anilines is 2. The van der Waals surface area contributed by atoms with Crippen LogP contribution in [0.1, 0.15) is 29.8 Å². The molecule has 0 radical (unpaired) electrons. The van der Waals surface area contributed by atoms with Crippen LogP contribution in [0.2, 0.25) is 0 Å². The zero-order chi connectivity index (χ0) is 22.5. The Labute approximate surface area is 180 Å². The van der Waals surface area contributed by atoms with Crippen LogP contribution in [-0.4, -0.2) is 48.9 Å². The molecular formula is C23H23N3O5. The van der Waals surface area contributed by atoms with Crippen molar-refractivity contribution in [2.75, 3.05) is 30.1 Å². The van der Waals surface area contributed by atoms with Crippen LogP contribution in [-0.2, 0) is 14.3 Å². The van der Waals surface area contributed by atoms with Crippen LogP contribution in [0.3, 0.4) is 0 Å². The van der Waals surface area contributed by atoms with Gasteiger partial charge in [-0.1, -0.05) is 18.2 Å². The molecule has 2 aromatic carbocycles. The largest absolute Gasteiger partial charge is 0.478 e. The molecule has 1 aliphatic rings. The first kappa shape index (κ1) is 21.8. The van der Waals surface area contributed by atoms with Crippen molar-refractivity contribution in [3.63, 3.8) is 0 Å². The standard InChI is InChI=1S/C23H23N3O5/c1-4-25(3)17-11-9-15(10-12-17)13-19-20(23(30)31-5-2)24-26(21(19)27)18-8-6-7-16(14-18)22(28)29/h6-14H,4-5H2,1-3H3,(H,28,29)/b19-13-. The Bertz CT molecular complexity index is 1070. The van der Waals surface area contributed by atoms with Gasteiger partial charge in [0.25, 0.3) is 5.91 Å². The SMILES string of the molecule is CCOC(=O)C1=NN(c2cccc(C(=O)O)c2)C(=O)/C1=C\c1ccc(N(C)CC)cc1. The summed E-state index contributed by atoms with van der Waals surface area (Å²) < 4.78 is 5.06. The molecule has 0 spiro atoms. The Balaban J connectivity index is 2.01. The van der Waals surface area contributed by atoms with Gasteiger partial charge in [-0.3, -0.25) is 4.79 Å². The maximum absolute atomic E-state index is 13.1. The number of carbonyl (C=O) groups is 3. The molecule has 0 aromatic heterocycles. The summed E-state index contributed by atoms with van der Waals surface area (Å²) in [7, 11) is 1.97.